The molecule has 0 bridgehead atoms. The van der Waals surface area contributed by atoms with Crippen LogP contribution in [0.2, 0.25) is 0 Å². The quantitative estimate of drug-likeness (QED) is 0.806. The molecule has 0 aromatic carbocycles. The number of rotatable bonds is 6. The zero-order chi connectivity index (χ0) is 12.9. The molecule has 6 heteroatoms. The van der Waals surface area contributed by atoms with Crippen LogP contribution in [-0.2, 0) is 9.84 Å². The lowest BCUT2D eigenvalue weighted by Gasteiger charge is -2.35. The summed E-state index contributed by atoms with van der Waals surface area (Å²) >= 11 is 0. The van der Waals surface area contributed by atoms with E-state index >= 15 is 0 Å². The van der Waals surface area contributed by atoms with E-state index in [0.29, 0.717) is 19.1 Å². The van der Waals surface area contributed by atoms with Gasteiger partial charge in [-0.15, -0.1) is 12.4 Å². The molecule has 0 aromatic rings. The Morgan fingerprint density at radius 3 is 2.56 bits per heavy atom. The Morgan fingerprint density at radius 1 is 1.33 bits per heavy atom. The van der Waals surface area contributed by atoms with Crippen molar-refractivity contribution in [1.82, 2.24) is 4.90 Å². The van der Waals surface area contributed by atoms with Gasteiger partial charge in [-0.25, -0.2) is 8.42 Å². The van der Waals surface area contributed by atoms with Crippen LogP contribution >= 0.6 is 12.4 Å². The molecule has 1 aliphatic rings. The van der Waals surface area contributed by atoms with Gasteiger partial charge in [0.15, 0.2) is 9.84 Å². The molecule has 1 aliphatic heterocycles. The monoisotopic (exact) mass is 298 g/mol. The molecule has 4 nitrogen and oxygen atoms in total. The molecule has 1 fully saturated rings. The van der Waals surface area contributed by atoms with Crippen molar-refractivity contribution in [2.75, 3.05) is 25.4 Å². The molecule has 0 saturated carbocycles. The van der Waals surface area contributed by atoms with Crippen molar-refractivity contribution < 1.29 is 8.42 Å². The van der Waals surface area contributed by atoms with Crippen LogP contribution in [0.1, 0.15) is 39.5 Å². The van der Waals surface area contributed by atoms with Crippen molar-refractivity contribution in [2.24, 2.45) is 5.73 Å². The van der Waals surface area contributed by atoms with Crippen LogP contribution in [0.25, 0.3) is 0 Å². The van der Waals surface area contributed by atoms with Crippen LogP contribution in [0.15, 0.2) is 0 Å². The molecule has 0 radical (unpaired) electrons. The van der Waals surface area contributed by atoms with Crippen LogP contribution in [0, 0.1) is 0 Å². The molecule has 2 N–H and O–H groups in total. The Labute approximate surface area is 118 Å². The summed E-state index contributed by atoms with van der Waals surface area (Å²) in [4.78, 5) is 2.32. The highest BCUT2D eigenvalue weighted by Crippen LogP contribution is 2.19. The van der Waals surface area contributed by atoms with E-state index in [9.17, 15) is 8.42 Å². The van der Waals surface area contributed by atoms with Gasteiger partial charge in [-0.3, -0.25) is 4.90 Å². The minimum absolute atomic E-state index is 0. The van der Waals surface area contributed by atoms with Crippen LogP contribution in [0.5, 0.6) is 0 Å². The normalized spacial score (nSPS) is 21.9. The number of hydrogen-bond donors (Lipinski definition) is 1. The predicted molar refractivity (Wildman–Crippen MR) is 79.1 cm³/mol. The number of likely N-dealkylation sites (tertiary alicyclic amines) is 1. The first-order valence-electron chi connectivity index (χ1n) is 6.63. The van der Waals surface area contributed by atoms with E-state index in [2.05, 4.69) is 4.90 Å². The Morgan fingerprint density at radius 2 is 2.00 bits per heavy atom. The molecule has 1 heterocycles. The average molecular weight is 299 g/mol. The van der Waals surface area contributed by atoms with Crippen LogP contribution in [-0.4, -0.2) is 50.0 Å². The van der Waals surface area contributed by atoms with Gasteiger partial charge in [-0.05, 0) is 46.2 Å². The summed E-state index contributed by atoms with van der Waals surface area (Å²) < 4.78 is 23.6. The summed E-state index contributed by atoms with van der Waals surface area (Å²) in [5.41, 5.74) is 5.61. The first kappa shape index (κ1) is 18.2. The Hall–Kier alpha value is 0.160. The molecular weight excluding hydrogens is 272 g/mol. The molecule has 0 aromatic heterocycles. The lowest BCUT2D eigenvalue weighted by molar-refractivity contribution is 0.150. The highest BCUT2D eigenvalue weighted by Gasteiger charge is 2.24. The summed E-state index contributed by atoms with van der Waals surface area (Å²) in [5.74, 6) is 0.283. The second kappa shape index (κ2) is 8.35. The second-order valence-corrected chi connectivity index (χ2v) is 7.86. The molecule has 110 valence electrons. The van der Waals surface area contributed by atoms with Crippen molar-refractivity contribution in [2.45, 2.75) is 50.8 Å². The summed E-state index contributed by atoms with van der Waals surface area (Å²) in [6.07, 6.45) is 4.58. The van der Waals surface area contributed by atoms with Crippen molar-refractivity contribution in [1.29, 1.82) is 0 Å². The first-order valence-corrected chi connectivity index (χ1v) is 8.34. The number of nitrogens with two attached hydrogens (primary N) is 1. The van der Waals surface area contributed by atoms with Gasteiger partial charge in [0.25, 0.3) is 0 Å². The van der Waals surface area contributed by atoms with Gasteiger partial charge in [-0.1, -0.05) is 6.42 Å². The predicted octanol–water partition coefficient (Wildman–Crippen LogP) is 1.43. The van der Waals surface area contributed by atoms with Gasteiger partial charge < -0.3 is 5.73 Å². The largest absolute Gasteiger partial charge is 0.330 e. The molecule has 1 atom stereocenters. The Kier molecular flexibility index (Phi) is 8.43. The molecule has 18 heavy (non-hydrogen) atoms. The maximum absolute atomic E-state index is 11.8. The molecule has 0 spiro atoms. The summed E-state index contributed by atoms with van der Waals surface area (Å²) in [6, 6.07) is 0.496. The van der Waals surface area contributed by atoms with Gasteiger partial charge in [0, 0.05) is 12.6 Å². The fourth-order valence-electron chi connectivity index (χ4n) is 2.35. The highest BCUT2D eigenvalue weighted by atomic mass is 35.5. The lowest BCUT2D eigenvalue weighted by atomic mass is 9.99. The smallest absolute Gasteiger partial charge is 0.153 e. The van der Waals surface area contributed by atoms with E-state index in [-0.39, 0.29) is 23.4 Å². The third kappa shape index (κ3) is 5.43. The number of sulfone groups is 1. The maximum Gasteiger partial charge on any atom is 0.153 e. The minimum atomic E-state index is -2.91. The van der Waals surface area contributed by atoms with E-state index in [0.717, 1.165) is 13.0 Å². The van der Waals surface area contributed by atoms with Gasteiger partial charge in [0.1, 0.15) is 0 Å². The van der Waals surface area contributed by atoms with E-state index in [4.69, 9.17) is 5.73 Å². The van der Waals surface area contributed by atoms with Gasteiger partial charge in [-0.2, -0.15) is 0 Å². The van der Waals surface area contributed by atoms with E-state index in [1.807, 2.05) is 0 Å². The van der Waals surface area contributed by atoms with Crippen molar-refractivity contribution in [3.8, 4) is 0 Å². The average Bonchev–Trinajstić information content (AvgIpc) is 2.28. The summed E-state index contributed by atoms with van der Waals surface area (Å²) in [6.45, 7) is 5.90. The second-order valence-electron chi connectivity index (χ2n) is 5.18. The number of hydrogen-bond acceptors (Lipinski definition) is 4. The van der Waals surface area contributed by atoms with E-state index in [1.165, 1.54) is 19.3 Å². The Bertz CT molecular complexity index is 318. The number of piperidine rings is 1. The topological polar surface area (TPSA) is 63.4 Å². The fraction of sp³-hybridized carbons (Fsp3) is 1.00. The summed E-state index contributed by atoms with van der Waals surface area (Å²) in [5, 5.41) is -0.264. The van der Waals surface area contributed by atoms with Crippen molar-refractivity contribution in [3.05, 3.63) is 0 Å². The molecule has 1 saturated heterocycles. The third-order valence-corrected chi connectivity index (χ3v) is 5.82. The number of halogens is 1. The van der Waals surface area contributed by atoms with Gasteiger partial charge in [0.2, 0.25) is 0 Å². The van der Waals surface area contributed by atoms with Crippen LogP contribution in [0.3, 0.4) is 0 Å². The molecule has 0 amide bonds. The third-order valence-electron chi connectivity index (χ3n) is 3.63. The zero-order valence-corrected chi connectivity index (χ0v) is 13.1. The number of nitrogens with zero attached hydrogens (tertiary/aromatic N) is 1. The Balaban J connectivity index is 0.00000289. The van der Waals surface area contributed by atoms with Crippen LogP contribution in [0.4, 0.5) is 0 Å². The molecule has 1 rings (SSSR count). The fourth-order valence-corrected chi connectivity index (χ4v) is 3.31. The molecule has 0 aliphatic carbocycles. The highest BCUT2D eigenvalue weighted by molar-refractivity contribution is 7.92. The minimum Gasteiger partial charge on any atom is -0.330 e. The van der Waals surface area contributed by atoms with Crippen molar-refractivity contribution in [3.63, 3.8) is 0 Å². The van der Waals surface area contributed by atoms with Crippen molar-refractivity contribution >= 4 is 22.2 Å². The lowest BCUT2D eigenvalue weighted by Crippen LogP contribution is -2.43. The standard InChI is InChI=1S/C12H26N2O2S.ClH/c1-11(2)17(15,16)10-9-14-8-4-3-5-12(14)6-7-13;/h11-12H,3-10,13H2,1-2H3;1H. The van der Waals surface area contributed by atoms with E-state index < -0.39 is 9.84 Å². The summed E-state index contributed by atoms with van der Waals surface area (Å²) in [7, 11) is -2.91. The van der Waals surface area contributed by atoms with E-state index in [1.54, 1.807) is 13.8 Å². The molecule has 1 unspecified atom stereocenters. The zero-order valence-electron chi connectivity index (χ0n) is 11.5. The van der Waals surface area contributed by atoms with Crippen LogP contribution < -0.4 is 5.73 Å². The maximum atomic E-state index is 11.8. The molecular formula is C12H27ClN2O2S. The van der Waals surface area contributed by atoms with Gasteiger partial charge in [0.05, 0.1) is 11.0 Å². The first-order chi connectivity index (χ1) is 7.97. The van der Waals surface area contributed by atoms with Gasteiger partial charge >= 0.3 is 0 Å². The SMILES string of the molecule is CC(C)S(=O)(=O)CCN1CCCCC1CCN.Cl.